The van der Waals surface area contributed by atoms with E-state index in [1.165, 1.54) is 0 Å². The maximum Gasteiger partial charge on any atom is 0.257 e. The van der Waals surface area contributed by atoms with Crippen LogP contribution in [-0.2, 0) is 16.2 Å². The fourth-order valence-electron chi connectivity index (χ4n) is 1.81. The molecule has 2 rings (SSSR count). The summed E-state index contributed by atoms with van der Waals surface area (Å²) in [6, 6.07) is 19.7. The Kier molecular flexibility index (Phi) is 6.45. The Morgan fingerprint density at radius 1 is 0.955 bits per heavy atom. The molecule has 0 amide bonds. The third-order valence-electron chi connectivity index (χ3n) is 3.02. The Labute approximate surface area is 132 Å². The van der Waals surface area contributed by atoms with E-state index in [9.17, 15) is 0 Å². The second-order valence-electron chi connectivity index (χ2n) is 5.17. The van der Waals surface area contributed by atoms with Crippen LogP contribution in [0.15, 0.2) is 65.8 Å². The van der Waals surface area contributed by atoms with E-state index in [4.69, 9.17) is 9.57 Å². The monoisotopic (exact) mass is 298 g/mol. The average molecular weight is 298 g/mol. The molecule has 0 unspecified atom stereocenters. The predicted octanol–water partition coefficient (Wildman–Crippen LogP) is 3.14. The zero-order valence-electron chi connectivity index (χ0n) is 13.1. The molecule has 0 fully saturated rings. The summed E-state index contributed by atoms with van der Waals surface area (Å²) < 4.78 is 5.76. The Bertz CT molecular complexity index is 568. The smallest absolute Gasteiger partial charge is 0.257 e. The van der Waals surface area contributed by atoms with Gasteiger partial charge in [0, 0.05) is 12.1 Å². The number of nitrogens with zero attached hydrogens (tertiary/aromatic N) is 2. The van der Waals surface area contributed by atoms with Gasteiger partial charge in [0.2, 0.25) is 0 Å². The van der Waals surface area contributed by atoms with Crippen LogP contribution in [0.5, 0.6) is 0 Å². The Morgan fingerprint density at radius 3 is 2.23 bits per heavy atom. The van der Waals surface area contributed by atoms with Gasteiger partial charge in [0.25, 0.3) is 5.90 Å². The van der Waals surface area contributed by atoms with E-state index in [1.54, 1.807) is 0 Å². The van der Waals surface area contributed by atoms with Crippen LogP contribution in [0.3, 0.4) is 0 Å². The minimum absolute atomic E-state index is 0.425. The summed E-state index contributed by atoms with van der Waals surface area (Å²) in [4.78, 5) is 7.51. The second kappa shape index (κ2) is 8.85. The average Bonchev–Trinajstić information content (AvgIpc) is 2.55. The minimum atomic E-state index is 0.425. The molecule has 22 heavy (non-hydrogen) atoms. The van der Waals surface area contributed by atoms with Gasteiger partial charge in [-0.05, 0) is 36.9 Å². The second-order valence-corrected chi connectivity index (χ2v) is 5.17. The summed E-state index contributed by atoms with van der Waals surface area (Å²) in [5, 5.41) is 4.16. The van der Waals surface area contributed by atoms with E-state index in [0.717, 1.165) is 17.7 Å². The maximum atomic E-state index is 5.76. The standard InChI is InChI=1S/C18H22N2O2/c1-20(2)13-14-21-18(17-11-7-4-8-12-17)19-22-15-16-9-5-3-6-10-16/h3-12H,13-15H2,1-2H3/b19-18+. The first kappa shape index (κ1) is 16.0. The van der Waals surface area contributed by atoms with Gasteiger partial charge in [-0.25, -0.2) is 0 Å². The molecule has 0 aromatic heterocycles. The molecule has 4 nitrogen and oxygen atoms in total. The molecule has 0 aliphatic rings. The van der Waals surface area contributed by atoms with Gasteiger partial charge in [-0.2, -0.15) is 0 Å². The van der Waals surface area contributed by atoms with Crippen LogP contribution in [0.4, 0.5) is 0 Å². The first-order valence-electron chi connectivity index (χ1n) is 7.32. The topological polar surface area (TPSA) is 34.1 Å². The van der Waals surface area contributed by atoms with Gasteiger partial charge in [-0.1, -0.05) is 48.5 Å². The SMILES string of the molecule is CN(C)CCO/C(=N/OCc1ccccc1)c1ccccc1. The molecule has 0 saturated carbocycles. The lowest BCUT2D eigenvalue weighted by molar-refractivity contribution is 0.118. The molecule has 0 heterocycles. The largest absolute Gasteiger partial charge is 0.474 e. The summed E-state index contributed by atoms with van der Waals surface area (Å²) in [6.07, 6.45) is 0. The maximum absolute atomic E-state index is 5.76. The number of rotatable bonds is 7. The molecular formula is C18H22N2O2. The summed E-state index contributed by atoms with van der Waals surface area (Å²) in [6.45, 7) is 1.81. The fourth-order valence-corrected chi connectivity index (χ4v) is 1.81. The summed E-state index contributed by atoms with van der Waals surface area (Å²) in [5.74, 6) is 0.512. The van der Waals surface area contributed by atoms with Crippen molar-refractivity contribution >= 4 is 5.90 Å². The minimum Gasteiger partial charge on any atom is -0.474 e. The van der Waals surface area contributed by atoms with Gasteiger partial charge in [0.1, 0.15) is 13.2 Å². The number of hydrogen-bond donors (Lipinski definition) is 0. The molecule has 0 spiro atoms. The van der Waals surface area contributed by atoms with E-state index in [1.807, 2.05) is 74.8 Å². The normalized spacial score (nSPS) is 11.5. The first-order chi connectivity index (χ1) is 10.8. The molecule has 0 aliphatic carbocycles. The zero-order chi connectivity index (χ0) is 15.6. The van der Waals surface area contributed by atoms with Gasteiger partial charge in [0.05, 0.1) is 0 Å². The van der Waals surface area contributed by atoms with Crippen molar-refractivity contribution in [2.75, 3.05) is 27.2 Å². The number of ether oxygens (including phenoxy) is 1. The first-order valence-corrected chi connectivity index (χ1v) is 7.32. The van der Waals surface area contributed by atoms with Gasteiger partial charge in [-0.15, -0.1) is 0 Å². The molecule has 0 N–H and O–H groups in total. The van der Waals surface area contributed by atoms with Crippen LogP contribution in [0.25, 0.3) is 0 Å². The van der Waals surface area contributed by atoms with E-state index < -0.39 is 0 Å². The van der Waals surface area contributed by atoms with E-state index in [0.29, 0.717) is 19.1 Å². The molecule has 2 aromatic rings. The van der Waals surface area contributed by atoms with Gasteiger partial charge in [-0.3, -0.25) is 0 Å². The summed E-state index contributed by atoms with van der Waals surface area (Å²) in [7, 11) is 4.02. The molecule has 4 heteroatoms. The highest BCUT2D eigenvalue weighted by atomic mass is 16.6. The Morgan fingerprint density at radius 2 is 1.59 bits per heavy atom. The third-order valence-corrected chi connectivity index (χ3v) is 3.02. The summed E-state index contributed by atoms with van der Waals surface area (Å²) >= 11 is 0. The number of hydrogen-bond acceptors (Lipinski definition) is 4. The number of benzene rings is 2. The molecule has 0 saturated heterocycles. The third kappa shape index (κ3) is 5.58. The highest BCUT2D eigenvalue weighted by Gasteiger charge is 2.06. The van der Waals surface area contributed by atoms with Gasteiger partial charge < -0.3 is 14.5 Å². The van der Waals surface area contributed by atoms with Crippen molar-refractivity contribution in [2.45, 2.75) is 6.61 Å². The summed E-state index contributed by atoms with van der Waals surface area (Å²) in [5.41, 5.74) is 1.99. The zero-order valence-corrected chi connectivity index (χ0v) is 13.1. The van der Waals surface area contributed by atoms with Crippen molar-refractivity contribution < 1.29 is 9.57 Å². The lowest BCUT2D eigenvalue weighted by Crippen LogP contribution is -2.20. The van der Waals surface area contributed by atoms with E-state index in [2.05, 4.69) is 10.1 Å². The molecule has 2 aromatic carbocycles. The predicted molar refractivity (Wildman–Crippen MR) is 88.7 cm³/mol. The van der Waals surface area contributed by atoms with Crippen molar-refractivity contribution in [3.05, 3.63) is 71.8 Å². The van der Waals surface area contributed by atoms with E-state index in [-0.39, 0.29) is 0 Å². The highest BCUT2D eigenvalue weighted by molar-refractivity contribution is 5.93. The van der Waals surface area contributed by atoms with Crippen molar-refractivity contribution in [3.63, 3.8) is 0 Å². The number of oxime groups is 1. The highest BCUT2D eigenvalue weighted by Crippen LogP contribution is 2.06. The van der Waals surface area contributed by atoms with E-state index >= 15 is 0 Å². The molecule has 0 radical (unpaired) electrons. The van der Waals surface area contributed by atoms with Crippen LogP contribution in [0.2, 0.25) is 0 Å². The number of likely N-dealkylation sites (N-methyl/N-ethyl adjacent to an activating group) is 1. The molecule has 0 bridgehead atoms. The van der Waals surface area contributed by atoms with Crippen molar-refractivity contribution in [2.24, 2.45) is 5.16 Å². The molecule has 0 atom stereocenters. The van der Waals surface area contributed by atoms with Crippen molar-refractivity contribution in [1.29, 1.82) is 0 Å². The Hall–Kier alpha value is -2.33. The van der Waals surface area contributed by atoms with Gasteiger partial charge in [0.15, 0.2) is 0 Å². The fraction of sp³-hybridized carbons (Fsp3) is 0.278. The molecule has 116 valence electrons. The van der Waals surface area contributed by atoms with Crippen LogP contribution in [0, 0.1) is 0 Å². The lowest BCUT2D eigenvalue weighted by Gasteiger charge is -2.12. The Balaban J connectivity index is 1.98. The lowest BCUT2D eigenvalue weighted by atomic mass is 10.2. The van der Waals surface area contributed by atoms with Crippen molar-refractivity contribution in [3.8, 4) is 0 Å². The quantitative estimate of drug-likeness (QED) is 0.447. The molecular weight excluding hydrogens is 276 g/mol. The van der Waals surface area contributed by atoms with Crippen molar-refractivity contribution in [1.82, 2.24) is 4.90 Å². The molecule has 0 aliphatic heterocycles. The van der Waals surface area contributed by atoms with Crippen LogP contribution < -0.4 is 0 Å². The van der Waals surface area contributed by atoms with Gasteiger partial charge >= 0.3 is 0 Å². The van der Waals surface area contributed by atoms with Crippen LogP contribution in [0.1, 0.15) is 11.1 Å². The van der Waals surface area contributed by atoms with Crippen LogP contribution in [-0.4, -0.2) is 38.0 Å². The van der Waals surface area contributed by atoms with Crippen LogP contribution >= 0.6 is 0 Å².